The summed E-state index contributed by atoms with van der Waals surface area (Å²) in [6.45, 7) is 3.24. The van der Waals surface area contributed by atoms with Crippen molar-refractivity contribution in [1.82, 2.24) is 0 Å². The third-order valence-corrected chi connectivity index (χ3v) is 4.47. The second kappa shape index (κ2) is 4.91. The minimum Gasteiger partial charge on any atom is -0.372 e. The number of rotatable bonds is 2. The Morgan fingerprint density at radius 1 is 1.16 bits per heavy atom. The standard InChI is InChI=1S/C16H13BrO2/c1-10-3-2-4-14(15(10)17)16(18)11-5-6-12-8-19-9-13(12)7-11/h2-7H,8-9H2,1H3. The van der Waals surface area contributed by atoms with E-state index in [2.05, 4.69) is 15.9 Å². The molecule has 19 heavy (non-hydrogen) atoms. The number of aryl methyl sites for hydroxylation is 1. The molecule has 0 bridgehead atoms. The highest BCUT2D eigenvalue weighted by Gasteiger charge is 2.17. The van der Waals surface area contributed by atoms with Crippen molar-refractivity contribution in [3.05, 3.63) is 68.7 Å². The first-order valence-electron chi connectivity index (χ1n) is 6.16. The summed E-state index contributed by atoms with van der Waals surface area (Å²) < 4.78 is 6.25. The van der Waals surface area contributed by atoms with E-state index in [1.807, 2.05) is 43.3 Å². The molecule has 0 atom stereocenters. The van der Waals surface area contributed by atoms with Gasteiger partial charge < -0.3 is 4.74 Å². The topological polar surface area (TPSA) is 26.3 Å². The van der Waals surface area contributed by atoms with Gasteiger partial charge in [-0.05, 0) is 51.7 Å². The number of carbonyl (C=O) groups is 1. The van der Waals surface area contributed by atoms with E-state index in [-0.39, 0.29) is 5.78 Å². The highest BCUT2D eigenvalue weighted by Crippen LogP contribution is 2.26. The van der Waals surface area contributed by atoms with Crippen LogP contribution in [0, 0.1) is 6.92 Å². The van der Waals surface area contributed by atoms with Crippen LogP contribution in [0.3, 0.4) is 0 Å². The summed E-state index contributed by atoms with van der Waals surface area (Å²) in [5.74, 6) is 0.0466. The summed E-state index contributed by atoms with van der Waals surface area (Å²) in [7, 11) is 0. The molecule has 0 fully saturated rings. The van der Waals surface area contributed by atoms with Gasteiger partial charge in [0.05, 0.1) is 13.2 Å². The van der Waals surface area contributed by atoms with Gasteiger partial charge in [0.15, 0.2) is 5.78 Å². The minimum atomic E-state index is 0.0466. The molecule has 2 aromatic rings. The molecule has 3 heteroatoms. The van der Waals surface area contributed by atoms with Crippen molar-refractivity contribution >= 4 is 21.7 Å². The number of benzene rings is 2. The quantitative estimate of drug-likeness (QED) is 0.782. The van der Waals surface area contributed by atoms with Crippen molar-refractivity contribution in [3.8, 4) is 0 Å². The highest BCUT2D eigenvalue weighted by atomic mass is 79.9. The maximum atomic E-state index is 12.5. The van der Waals surface area contributed by atoms with Crippen LogP contribution in [0.1, 0.15) is 32.6 Å². The second-order valence-electron chi connectivity index (χ2n) is 4.74. The van der Waals surface area contributed by atoms with Crippen LogP contribution in [0.4, 0.5) is 0 Å². The highest BCUT2D eigenvalue weighted by molar-refractivity contribution is 9.10. The van der Waals surface area contributed by atoms with Crippen LogP contribution in [0.5, 0.6) is 0 Å². The first kappa shape index (κ1) is 12.6. The van der Waals surface area contributed by atoms with Gasteiger partial charge in [-0.1, -0.05) is 24.3 Å². The molecule has 96 valence electrons. The third kappa shape index (κ3) is 2.24. The Labute approximate surface area is 120 Å². The fraction of sp³-hybridized carbons (Fsp3) is 0.188. The summed E-state index contributed by atoms with van der Waals surface area (Å²) in [6.07, 6.45) is 0. The molecular formula is C16H13BrO2. The first-order valence-corrected chi connectivity index (χ1v) is 6.95. The summed E-state index contributed by atoms with van der Waals surface area (Å²) >= 11 is 3.49. The van der Waals surface area contributed by atoms with E-state index in [0.29, 0.717) is 18.8 Å². The van der Waals surface area contributed by atoms with Gasteiger partial charge >= 0.3 is 0 Å². The van der Waals surface area contributed by atoms with Crippen LogP contribution < -0.4 is 0 Å². The molecule has 0 saturated carbocycles. The Hall–Kier alpha value is -1.45. The van der Waals surface area contributed by atoms with Gasteiger partial charge in [-0.15, -0.1) is 0 Å². The van der Waals surface area contributed by atoms with Gasteiger partial charge in [0.1, 0.15) is 0 Å². The molecule has 0 spiro atoms. The normalized spacial score (nSPS) is 13.4. The molecule has 0 saturated heterocycles. The Morgan fingerprint density at radius 3 is 2.79 bits per heavy atom. The van der Waals surface area contributed by atoms with Crippen LogP contribution in [-0.2, 0) is 18.0 Å². The van der Waals surface area contributed by atoms with Crippen molar-refractivity contribution in [2.24, 2.45) is 0 Å². The molecule has 0 unspecified atom stereocenters. The molecule has 1 heterocycles. The van der Waals surface area contributed by atoms with Gasteiger partial charge in [-0.3, -0.25) is 4.79 Å². The molecule has 0 aliphatic carbocycles. The average molecular weight is 317 g/mol. The molecule has 2 nitrogen and oxygen atoms in total. The number of halogens is 1. The van der Waals surface area contributed by atoms with E-state index >= 15 is 0 Å². The van der Waals surface area contributed by atoms with E-state index < -0.39 is 0 Å². The van der Waals surface area contributed by atoms with Gasteiger partial charge in [-0.2, -0.15) is 0 Å². The summed E-state index contributed by atoms with van der Waals surface area (Å²) in [4.78, 5) is 12.5. The van der Waals surface area contributed by atoms with Crippen LogP contribution in [-0.4, -0.2) is 5.78 Å². The summed E-state index contributed by atoms with van der Waals surface area (Å²) in [5.41, 5.74) is 4.79. The number of fused-ring (bicyclic) bond motifs is 1. The van der Waals surface area contributed by atoms with Crippen LogP contribution in [0.25, 0.3) is 0 Å². The SMILES string of the molecule is Cc1cccc(C(=O)c2ccc3c(c2)COC3)c1Br. The number of carbonyl (C=O) groups excluding carboxylic acids is 1. The Balaban J connectivity index is 2.02. The maximum absolute atomic E-state index is 12.5. The predicted octanol–water partition coefficient (Wildman–Crippen LogP) is 4.02. The summed E-state index contributed by atoms with van der Waals surface area (Å²) in [5, 5.41) is 0. The predicted molar refractivity (Wildman–Crippen MR) is 77.2 cm³/mol. The largest absolute Gasteiger partial charge is 0.372 e. The van der Waals surface area contributed by atoms with Crippen LogP contribution in [0.2, 0.25) is 0 Å². The summed E-state index contributed by atoms with van der Waals surface area (Å²) in [6, 6.07) is 11.5. The Kier molecular flexibility index (Phi) is 3.25. The lowest BCUT2D eigenvalue weighted by molar-refractivity contribution is 0.103. The van der Waals surface area contributed by atoms with Crippen molar-refractivity contribution in [3.63, 3.8) is 0 Å². The average Bonchev–Trinajstić information content (AvgIpc) is 2.88. The van der Waals surface area contributed by atoms with E-state index in [0.717, 1.165) is 21.2 Å². The number of ether oxygens (including phenoxy) is 1. The zero-order valence-corrected chi connectivity index (χ0v) is 12.2. The lowest BCUT2D eigenvalue weighted by Crippen LogP contribution is -2.04. The van der Waals surface area contributed by atoms with Crippen LogP contribution in [0.15, 0.2) is 40.9 Å². The lowest BCUT2D eigenvalue weighted by atomic mass is 9.98. The Bertz CT molecular complexity index is 662. The third-order valence-electron chi connectivity index (χ3n) is 3.42. The number of ketones is 1. The molecule has 0 N–H and O–H groups in total. The minimum absolute atomic E-state index is 0.0466. The van der Waals surface area contributed by atoms with Crippen molar-refractivity contribution in [1.29, 1.82) is 0 Å². The lowest BCUT2D eigenvalue weighted by Gasteiger charge is -2.07. The van der Waals surface area contributed by atoms with E-state index in [4.69, 9.17) is 4.74 Å². The van der Waals surface area contributed by atoms with Gasteiger partial charge in [0.25, 0.3) is 0 Å². The molecule has 1 aliphatic heterocycles. The molecular weight excluding hydrogens is 304 g/mol. The molecule has 3 rings (SSSR count). The zero-order valence-electron chi connectivity index (χ0n) is 10.6. The molecule has 0 aromatic heterocycles. The van der Waals surface area contributed by atoms with Crippen molar-refractivity contribution < 1.29 is 9.53 Å². The fourth-order valence-corrected chi connectivity index (χ4v) is 2.74. The first-order chi connectivity index (χ1) is 9.16. The zero-order chi connectivity index (χ0) is 13.4. The maximum Gasteiger partial charge on any atom is 0.194 e. The van der Waals surface area contributed by atoms with Crippen molar-refractivity contribution in [2.75, 3.05) is 0 Å². The fourth-order valence-electron chi connectivity index (χ4n) is 2.29. The second-order valence-corrected chi connectivity index (χ2v) is 5.53. The van der Waals surface area contributed by atoms with E-state index in [1.54, 1.807) is 0 Å². The van der Waals surface area contributed by atoms with E-state index in [9.17, 15) is 4.79 Å². The molecule has 0 radical (unpaired) electrons. The molecule has 0 amide bonds. The van der Waals surface area contributed by atoms with E-state index in [1.165, 1.54) is 5.56 Å². The molecule has 1 aliphatic rings. The Morgan fingerprint density at radius 2 is 1.95 bits per heavy atom. The van der Waals surface area contributed by atoms with Gasteiger partial charge in [0.2, 0.25) is 0 Å². The van der Waals surface area contributed by atoms with Gasteiger partial charge in [-0.25, -0.2) is 0 Å². The number of hydrogen-bond donors (Lipinski definition) is 0. The van der Waals surface area contributed by atoms with Crippen molar-refractivity contribution in [2.45, 2.75) is 20.1 Å². The van der Waals surface area contributed by atoms with Gasteiger partial charge in [0, 0.05) is 15.6 Å². The smallest absolute Gasteiger partial charge is 0.194 e. The monoisotopic (exact) mass is 316 g/mol. The molecule has 2 aromatic carbocycles. The van der Waals surface area contributed by atoms with Crippen LogP contribution >= 0.6 is 15.9 Å². The number of hydrogen-bond acceptors (Lipinski definition) is 2.